The summed E-state index contributed by atoms with van der Waals surface area (Å²) in [5.74, 6) is 0.911. The van der Waals surface area contributed by atoms with Crippen LogP contribution in [-0.4, -0.2) is 33.1 Å². The summed E-state index contributed by atoms with van der Waals surface area (Å²) in [4.78, 5) is 11.5. The monoisotopic (exact) mass is 286 g/mol. The number of nitrogens with one attached hydrogen (secondary N) is 2. The molecule has 110 valence electrons. The van der Waals surface area contributed by atoms with Crippen molar-refractivity contribution in [3.63, 3.8) is 0 Å². The first kappa shape index (κ1) is 16.3. The number of nitrogens with zero attached hydrogens (tertiary/aromatic N) is 2. The Morgan fingerprint density at radius 1 is 1.42 bits per heavy atom. The molecule has 6 heteroatoms. The van der Waals surface area contributed by atoms with Crippen molar-refractivity contribution >= 4 is 11.8 Å². The number of thioether (sulfide) groups is 1. The second kappa shape index (κ2) is 7.14. The fourth-order valence-corrected chi connectivity index (χ4v) is 3.20. The van der Waals surface area contributed by atoms with Gasteiger partial charge in [0.2, 0.25) is 0 Å². The molecule has 0 fully saturated rings. The van der Waals surface area contributed by atoms with Crippen molar-refractivity contribution in [3.05, 3.63) is 10.5 Å². The van der Waals surface area contributed by atoms with Crippen LogP contribution in [0.5, 0.6) is 0 Å². The zero-order chi connectivity index (χ0) is 14.5. The van der Waals surface area contributed by atoms with E-state index in [0.29, 0.717) is 12.6 Å². The van der Waals surface area contributed by atoms with Gasteiger partial charge in [0.25, 0.3) is 0 Å². The van der Waals surface area contributed by atoms with E-state index < -0.39 is 0 Å². The molecule has 0 aliphatic heterocycles. The topological polar surface area (TPSA) is 62.7 Å². The van der Waals surface area contributed by atoms with Crippen LogP contribution in [0.25, 0.3) is 0 Å². The molecule has 0 saturated heterocycles. The third-order valence-electron chi connectivity index (χ3n) is 3.10. The van der Waals surface area contributed by atoms with Crippen molar-refractivity contribution < 1.29 is 0 Å². The molecule has 0 amide bonds. The molecule has 0 bridgehead atoms. The van der Waals surface area contributed by atoms with E-state index >= 15 is 0 Å². The molecule has 1 atom stereocenters. The average Bonchev–Trinajstić information content (AvgIpc) is 2.68. The van der Waals surface area contributed by atoms with Crippen molar-refractivity contribution in [1.29, 1.82) is 0 Å². The maximum absolute atomic E-state index is 11.5. The lowest BCUT2D eigenvalue weighted by Gasteiger charge is -2.31. The van der Waals surface area contributed by atoms with Crippen LogP contribution in [-0.2, 0) is 6.54 Å². The van der Waals surface area contributed by atoms with E-state index in [1.807, 2.05) is 6.92 Å². The molecule has 1 heterocycles. The second-order valence-corrected chi connectivity index (χ2v) is 6.73. The molecule has 0 saturated carbocycles. The molecule has 0 aliphatic carbocycles. The van der Waals surface area contributed by atoms with Crippen molar-refractivity contribution in [2.75, 3.05) is 12.3 Å². The highest BCUT2D eigenvalue weighted by Gasteiger charge is 2.24. The largest absolute Gasteiger partial charge is 0.343 e. The normalized spacial score (nSPS) is 13.7. The van der Waals surface area contributed by atoms with Crippen molar-refractivity contribution in [2.45, 2.75) is 58.8 Å². The van der Waals surface area contributed by atoms with E-state index in [2.05, 4.69) is 43.2 Å². The van der Waals surface area contributed by atoms with Gasteiger partial charge in [0, 0.05) is 18.3 Å². The first-order chi connectivity index (χ1) is 8.90. The average molecular weight is 286 g/mol. The Morgan fingerprint density at radius 3 is 2.63 bits per heavy atom. The summed E-state index contributed by atoms with van der Waals surface area (Å²) in [5.41, 5.74) is 0.0642. The van der Waals surface area contributed by atoms with Crippen LogP contribution in [0.15, 0.2) is 9.95 Å². The molecule has 19 heavy (non-hydrogen) atoms. The Hall–Kier alpha value is -0.750. The lowest BCUT2D eigenvalue weighted by molar-refractivity contribution is 0.291. The Bertz CT molecular complexity index is 433. The first-order valence-electron chi connectivity index (χ1n) is 6.91. The standard InChI is InChI=1S/C13H26N4OS/c1-6-8-14-10(13(3,4)5)9-19-12-16-15-11(18)17(12)7-2/h10,14H,6-9H2,1-5H3,(H,15,18). The molecule has 0 aliphatic rings. The minimum Gasteiger partial charge on any atom is -0.313 e. The number of aromatic amines is 1. The van der Waals surface area contributed by atoms with Crippen molar-refractivity contribution in [3.8, 4) is 0 Å². The zero-order valence-electron chi connectivity index (χ0n) is 12.6. The number of hydrogen-bond acceptors (Lipinski definition) is 4. The van der Waals surface area contributed by atoms with E-state index in [-0.39, 0.29) is 11.1 Å². The molecule has 5 nitrogen and oxygen atoms in total. The van der Waals surface area contributed by atoms with Gasteiger partial charge < -0.3 is 5.32 Å². The minimum absolute atomic E-state index is 0.126. The number of rotatable bonds is 7. The summed E-state index contributed by atoms with van der Waals surface area (Å²) >= 11 is 1.64. The van der Waals surface area contributed by atoms with Gasteiger partial charge in [0.15, 0.2) is 5.16 Å². The lowest BCUT2D eigenvalue weighted by atomic mass is 9.88. The summed E-state index contributed by atoms with van der Waals surface area (Å²) in [5, 5.41) is 10.9. The molecular weight excluding hydrogens is 260 g/mol. The number of H-pyrrole nitrogens is 1. The fourth-order valence-electron chi connectivity index (χ4n) is 1.78. The third kappa shape index (κ3) is 4.69. The van der Waals surface area contributed by atoms with Gasteiger partial charge in [-0.15, -0.1) is 5.10 Å². The van der Waals surface area contributed by atoms with Gasteiger partial charge in [-0.3, -0.25) is 4.57 Å². The Morgan fingerprint density at radius 2 is 2.11 bits per heavy atom. The number of aromatic nitrogens is 3. The highest BCUT2D eigenvalue weighted by molar-refractivity contribution is 7.99. The van der Waals surface area contributed by atoms with Gasteiger partial charge in [-0.25, -0.2) is 9.89 Å². The molecule has 1 aromatic heterocycles. The van der Waals surface area contributed by atoms with E-state index in [1.165, 1.54) is 0 Å². The van der Waals surface area contributed by atoms with Gasteiger partial charge in [-0.05, 0) is 25.3 Å². The van der Waals surface area contributed by atoms with Crippen LogP contribution < -0.4 is 11.0 Å². The minimum atomic E-state index is -0.126. The maximum Gasteiger partial charge on any atom is 0.343 e. The van der Waals surface area contributed by atoms with Gasteiger partial charge >= 0.3 is 5.69 Å². The fraction of sp³-hybridized carbons (Fsp3) is 0.846. The second-order valence-electron chi connectivity index (χ2n) is 5.74. The van der Waals surface area contributed by atoms with Gasteiger partial charge in [0.1, 0.15) is 0 Å². The molecule has 0 aromatic carbocycles. The van der Waals surface area contributed by atoms with E-state index in [1.54, 1.807) is 16.3 Å². The molecule has 0 spiro atoms. The van der Waals surface area contributed by atoms with Crippen LogP contribution in [0, 0.1) is 5.41 Å². The Balaban J connectivity index is 2.67. The van der Waals surface area contributed by atoms with Gasteiger partial charge in [-0.2, -0.15) is 0 Å². The van der Waals surface area contributed by atoms with Gasteiger partial charge in [-0.1, -0.05) is 39.5 Å². The third-order valence-corrected chi connectivity index (χ3v) is 4.17. The Kier molecular flexibility index (Phi) is 6.13. The predicted octanol–water partition coefficient (Wildman–Crippen LogP) is 2.10. The quantitative estimate of drug-likeness (QED) is 0.754. The van der Waals surface area contributed by atoms with E-state index in [4.69, 9.17) is 0 Å². The van der Waals surface area contributed by atoms with E-state index in [0.717, 1.165) is 23.9 Å². The summed E-state index contributed by atoms with van der Waals surface area (Å²) < 4.78 is 1.67. The molecular formula is C13H26N4OS. The maximum atomic E-state index is 11.5. The van der Waals surface area contributed by atoms with Crippen LogP contribution in [0.2, 0.25) is 0 Å². The summed E-state index contributed by atoms with van der Waals surface area (Å²) in [6.07, 6.45) is 1.12. The van der Waals surface area contributed by atoms with Gasteiger partial charge in [0.05, 0.1) is 0 Å². The van der Waals surface area contributed by atoms with E-state index in [9.17, 15) is 4.79 Å². The lowest BCUT2D eigenvalue weighted by Crippen LogP contribution is -2.42. The zero-order valence-corrected chi connectivity index (χ0v) is 13.4. The molecule has 1 unspecified atom stereocenters. The first-order valence-corrected chi connectivity index (χ1v) is 7.90. The van der Waals surface area contributed by atoms with Crippen LogP contribution in [0.1, 0.15) is 41.0 Å². The molecule has 0 radical (unpaired) electrons. The molecule has 2 N–H and O–H groups in total. The smallest absolute Gasteiger partial charge is 0.313 e. The SMILES string of the molecule is CCCNC(CSc1n[nH]c(=O)n1CC)C(C)(C)C. The Labute approximate surface area is 119 Å². The summed E-state index contributed by atoms with van der Waals surface area (Å²) in [6.45, 7) is 12.5. The molecule has 1 aromatic rings. The highest BCUT2D eigenvalue weighted by atomic mass is 32.2. The summed E-state index contributed by atoms with van der Waals surface area (Å²) in [7, 11) is 0. The van der Waals surface area contributed by atoms with Crippen LogP contribution in [0.3, 0.4) is 0 Å². The predicted molar refractivity (Wildman–Crippen MR) is 80.8 cm³/mol. The highest BCUT2D eigenvalue weighted by Crippen LogP contribution is 2.25. The molecule has 1 rings (SSSR count). The number of hydrogen-bond donors (Lipinski definition) is 2. The van der Waals surface area contributed by atoms with Crippen LogP contribution in [0.4, 0.5) is 0 Å². The van der Waals surface area contributed by atoms with Crippen molar-refractivity contribution in [2.24, 2.45) is 5.41 Å². The summed E-state index contributed by atoms with van der Waals surface area (Å²) in [6, 6.07) is 0.398. The van der Waals surface area contributed by atoms with Crippen LogP contribution >= 0.6 is 11.8 Å². The van der Waals surface area contributed by atoms with Crippen molar-refractivity contribution in [1.82, 2.24) is 20.1 Å².